The minimum Gasteiger partial charge on any atom is -0.370 e. The molecule has 0 saturated heterocycles. The van der Waals surface area contributed by atoms with Crippen LogP contribution in [0.15, 0.2) is 42.5 Å². The van der Waals surface area contributed by atoms with E-state index in [2.05, 4.69) is 54.5 Å². The predicted molar refractivity (Wildman–Crippen MR) is 87.5 cm³/mol. The summed E-state index contributed by atoms with van der Waals surface area (Å²) < 4.78 is 0. The van der Waals surface area contributed by atoms with E-state index in [-0.39, 0.29) is 0 Å². The van der Waals surface area contributed by atoms with Gasteiger partial charge in [0.15, 0.2) is 0 Å². The molecule has 0 radical (unpaired) electrons. The minimum atomic E-state index is 0.771. The third-order valence-corrected chi connectivity index (χ3v) is 3.75. The minimum absolute atomic E-state index is 0.771. The molecule has 0 spiro atoms. The van der Waals surface area contributed by atoms with E-state index in [0.29, 0.717) is 0 Å². The Balaban J connectivity index is 2.22. The molecule has 2 rings (SSSR count). The van der Waals surface area contributed by atoms with Crippen molar-refractivity contribution < 1.29 is 0 Å². The Morgan fingerprint density at radius 1 is 1.10 bits per heavy atom. The topological polar surface area (TPSA) is 15.3 Å². The molecule has 2 nitrogen and oxygen atoms in total. The van der Waals surface area contributed by atoms with E-state index in [9.17, 15) is 0 Å². The molecule has 0 atom stereocenters. The number of hydrogen-bond donors (Lipinski definition) is 1. The van der Waals surface area contributed by atoms with E-state index >= 15 is 0 Å². The Labute approximate surface area is 126 Å². The zero-order valence-corrected chi connectivity index (χ0v) is 13.0. The van der Waals surface area contributed by atoms with Crippen LogP contribution in [0.4, 0.5) is 5.69 Å². The molecular weight excluding hydrogens is 268 g/mol. The van der Waals surface area contributed by atoms with Crippen LogP contribution in [0.25, 0.3) is 0 Å². The number of anilines is 1. The standard InChI is InChI=1S/C17H21ClN2/c1-13-7-9-14(10-8-13)12-20(3)17-6-4-5-16(18)15(17)11-19-2/h4-10,19H,11-12H2,1-3H3. The molecule has 106 valence electrons. The van der Waals surface area contributed by atoms with Gasteiger partial charge in [-0.15, -0.1) is 0 Å². The fourth-order valence-corrected chi connectivity index (χ4v) is 2.55. The van der Waals surface area contributed by atoms with Gasteiger partial charge in [-0.1, -0.05) is 47.5 Å². The molecule has 0 amide bonds. The predicted octanol–water partition coefficient (Wildman–Crippen LogP) is 4.00. The SMILES string of the molecule is CNCc1c(Cl)cccc1N(C)Cc1ccc(C)cc1. The molecule has 0 fully saturated rings. The summed E-state index contributed by atoms with van der Waals surface area (Å²) in [5.41, 5.74) is 4.90. The van der Waals surface area contributed by atoms with Crippen molar-refractivity contribution in [2.75, 3.05) is 19.0 Å². The zero-order valence-electron chi connectivity index (χ0n) is 12.3. The van der Waals surface area contributed by atoms with Crippen LogP contribution in [0, 0.1) is 6.92 Å². The van der Waals surface area contributed by atoms with Gasteiger partial charge in [0.05, 0.1) is 0 Å². The van der Waals surface area contributed by atoms with Crippen molar-refractivity contribution in [3.63, 3.8) is 0 Å². The van der Waals surface area contributed by atoms with Crippen molar-refractivity contribution in [1.29, 1.82) is 0 Å². The van der Waals surface area contributed by atoms with Crippen molar-refractivity contribution >= 4 is 17.3 Å². The Morgan fingerprint density at radius 2 is 1.80 bits per heavy atom. The smallest absolute Gasteiger partial charge is 0.0471 e. The molecule has 0 aliphatic rings. The van der Waals surface area contributed by atoms with Crippen LogP contribution in [0.3, 0.4) is 0 Å². The van der Waals surface area contributed by atoms with Crippen LogP contribution in [-0.2, 0) is 13.1 Å². The lowest BCUT2D eigenvalue weighted by molar-refractivity contribution is 0.805. The third-order valence-electron chi connectivity index (χ3n) is 3.40. The number of halogens is 1. The number of nitrogens with zero attached hydrogens (tertiary/aromatic N) is 1. The van der Waals surface area contributed by atoms with Gasteiger partial charge in [-0.2, -0.15) is 0 Å². The van der Waals surface area contributed by atoms with E-state index in [1.165, 1.54) is 16.8 Å². The lowest BCUT2D eigenvalue weighted by atomic mass is 10.1. The number of aryl methyl sites for hydroxylation is 1. The van der Waals surface area contributed by atoms with Gasteiger partial charge in [-0.3, -0.25) is 0 Å². The summed E-state index contributed by atoms with van der Waals surface area (Å²) in [4.78, 5) is 2.24. The zero-order chi connectivity index (χ0) is 14.5. The first kappa shape index (κ1) is 14.9. The Hall–Kier alpha value is -1.51. The Bertz CT molecular complexity index is 564. The largest absolute Gasteiger partial charge is 0.370 e. The second-order valence-corrected chi connectivity index (χ2v) is 5.52. The van der Waals surface area contributed by atoms with Crippen LogP contribution in [0.2, 0.25) is 5.02 Å². The molecule has 0 saturated carbocycles. The van der Waals surface area contributed by atoms with Crippen molar-refractivity contribution in [1.82, 2.24) is 5.32 Å². The van der Waals surface area contributed by atoms with Gasteiger partial charge in [-0.25, -0.2) is 0 Å². The lowest BCUT2D eigenvalue weighted by Gasteiger charge is -2.23. The first-order valence-electron chi connectivity index (χ1n) is 6.80. The van der Waals surface area contributed by atoms with Gasteiger partial charge in [0.25, 0.3) is 0 Å². The molecule has 0 aliphatic carbocycles. The molecule has 0 unspecified atom stereocenters. The van der Waals surface area contributed by atoms with E-state index in [1.54, 1.807) is 0 Å². The van der Waals surface area contributed by atoms with E-state index in [1.807, 2.05) is 19.2 Å². The maximum absolute atomic E-state index is 6.31. The first-order chi connectivity index (χ1) is 9.61. The van der Waals surface area contributed by atoms with Crippen LogP contribution in [0.5, 0.6) is 0 Å². The highest BCUT2D eigenvalue weighted by molar-refractivity contribution is 6.31. The maximum atomic E-state index is 6.31. The van der Waals surface area contributed by atoms with Crippen molar-refractivity contribution in [3.05, 3.63) is 64.2 Å². The molecule has 0 heterocycles. The normalized spacial score (nSPS) is 10.6. The summed E-state index contributed by atoms with van der Waals surface area (Å²) >= 11 is 6.31. The van der Waals surface area contributed by atoms with Gasteiger partial charge in [0.2, 0.25) is 0 Å². The molecule has 0 bridgehead atoms. The molecular formula is C17H21ClN2. The number of benzene rings is 2. The number of rotatable bonds is 5. The highest BCUT2D eigenvalue weighted by atomic mass is 35.5. The highest BCUT2D eigenvalue weighted by Crippen LogP contribution is 2.27. The van der Waals surface area contributed by atoms with Crippen LogP contribution in [0.1, 0.15) is 16.7 Å². The summed E-state index contributed by atoms with van der Waals surface area (Å²) in [6, 6.07) is 14.7. The number of hydrogen-bond acceptors (Lipinski definition) is 2. The van der Waals surface area contributed by atoms with Gasteiger partial charge in [-0.05, 0) is 31.7 Å². The first-order valence-corrected chi connectivity index (χ1v) is 7.18. The molecule has 3 heteroatoms. The quantitative estimate of drug-likeness (QED) is 0.894. The molecule has 20 heavy (non-hydrogen) atoms. The summed E-state index contributed by atoms with van der Waals surface area (Å²) in [7, 11) is 4.04. The average molecular weight is 289 g/mol. The van der Waals surface area contributed by atoms with Crippen molar-refractivity contribution in [3.8, 4) is 0 Å². The third kappa shape index (κ3) is 3.53. The summed E-state index contributed by atoms with van der Waals surface area (Å²) in [6.07, 6.45) is 0. The summed E-state index contributed by atoms with van der Waals surface area (Å²) in [5.74, 6) is 0. The van der Waals surface area contributed by atoms with Gasteiger partial charge < -0.3 is 10.2 Å². The van der Waals surface area contributed by atoms with E-state index in [4.69, 9.17) is 11.6 Å². The second kappa shape index (κ2) is 6.78. The fraction of sp³-hybridized carbons (Fsp3) is 0.294. The summed E-state index contributed by atoms with van der Waals surface area (Å²) in [5, 5.41) is 3.99. The molecule has 2 aromatic carbocycles. The Kier molecular flexibility index (Phi) is 5.05. The highest BCUT2D eigenvalue weighted by Gasteiger charge is 2.10. The van der Waals surface area contributed by atoms with Gasteiger partial charge in [0.1, 0.15) is 0 Å². The maximum Gasteiger partial charge on any atom is 0.0471 e. The van der Waals surface area contributed by atoms with Gasteiger partial charge >= 0.3 is 0 Å². The lowest BCUT2D eigenvalue weighted by Crippen LogP contribution is -2.19. The monoisotopic (exact) mass is 288 g/mol. The van der Waals surface area contributed by atoms with Crippen LogP contribution in [-0.4, -0.2) is 14.1 Å². The van der Waals surface area contributed by atoms with E-state index in [0.717, 1.165) is 23.7 Å². The van der Waals surface area contributed by atoms with Crippen molar-refractivity contribution in [2.24, 2.45) is 0 Å². The molecule has 2 aromatic rings. The van der Waals surface area contributed by atoms with Crippen molar-refractivity contribution in [2.45, 2.75) is 20.0 Å². The summed E-state index contributed by atoms with van der Waals surface area (Å²) in [6.45, 7) is 3.75. The van der Waals surface area contributed by atoms with Gasteiger partial charge in [0, 0.05) is 36.4 Å². The fourth-order valence-electron chi connectivity index (χ4n) is 2.31. The van der Waals surface area contributed by atoms with Crippen LogP contribution < -0.4 is 10.2 Å². The van der Waals surface area contributed by atoms with E-state index < -0.39 is 0 Å². The second-order valence-electron chi connectivity index (χ2n) is 5.11. The molecule has 1 N–H and O–H groups in total. The average Bonchev–Trinajstić information content (AvgIpc) is 2.43. The Morgan fingerprint density at radius 3 is 2.45 bits per heavy atom. The molecule has 0 aromatic heterocycles. The molecule has 0 aliphatic heterocycles. The number of nitrogens with one attached hydrogen (secondary N) is 1. The van der Waals surface area contributed by atoms with Crippen LogP contribution >= 0.6 is 11.6 Å².